The molecule has 0 bridgehead atoms. The highest BCUT2D eigenvalue weighted by Gasteiger charge is 2.48. The maximum absolute atomic E-state index is 11.7. The lowest BCUT2D eigenvalue weighted by atomic mass is 10.1. The molecule has 0 N–H and O–H groups in total. The summed E-state index contributed by atoms with van der Waals surface area (Å²) in [6.07, 6.45) is 1.74. The average Bonchev–Trinajstić information content (AvgIpc) is 2.34. The number of halogens is 2. The summed E-state index contributed by atoms with van der Waals surface area (Å²) in [5.74, 6) is -0.136. The fourth-order valence-corrected chi connectivity index (χ4v) is 2.37. The minimum atomic E-state index is -1.61. The van der Waals surface area contributed by atoms with Gasteiger partial charge in [-0.25, -0.2) is 4.79 Å². The Morgan fingerprint density at radius 3 is 2.50 bits per heavy atom. The average molecular weight is 286 g/mol. The third-order valence-electron chi connectivity index (χ3n) is 2.87. The Labute approximate surface area is 116 Å². The van der Waals surface area contributed by atoms with Gasteiger partial charge < -0.3 is 9.64 Å². The third kappa shape index (κ3) is 2.33. The molecule has 96 valence electrons. The molecule has 2 rings (SSSR count). The lowest BCUT2D eigenvalue weighted by Crippen LogP contribution is -2.51. The highest BCUT2D eigenvalue weighted by atomic mass is 35.5. The van der Waals surface area contributed by atoms with Crippen LogP contribution in [0, 0.1) is 0 Å². The second kappa shape index (κ2) is 4.82. The Bertz CT molecular complexity index is 485. The summed E-state index contributed by atoms with van der Waals surface area (Å²) in [5, 5.41) is 0. The van der Waals surface area contributed by atoms with E-state index < -0.39 is 16.3 Å². The molecule has 3 nitrogen and oxygen atoms in total. The zero-order chi connectivity index (χ0) is 13.3. The lowest BCUT2D eigenvalue weighted by Gasteiger charge is -2.37. The Kier molecular flexibility index (Phi) is 3.55. The van der Waals surface area contributed by atoms with Gasteiger partial charge >= 0.3 is 5.97 Å². The van der Waals surface area contributed by atoms with Crippen molar-refractivity contribution < 1.29 is 9.53 Å². The Balaban J connectivity index is 2.37. The number of anilines is 1. The topological polar surface area (TPSA) is 29.5 Å². The number of benzene rings is 1. The van der Waals surface area contributed by atoms with Crippen molar-refractivity contribution in [1.82, 2.24) is 0 Å². The quantitative estimate of drug-likeness (QED) is 0.618. The van der Waals surface area contributed by atoms with Crippen LogP contribution in [-0.2, 0) is 9.53 Å². The standard InChI is InChI=1S/C13H13Cl2NO2/c1-9-8-11(13(14,15)12(17)18-9)16(2)10-6-4-3-5-7-10/h3-8,11H,1-2H3. The van der Waals surface area contributed by atoms with Crippen molar-refractivity contribution in [2.45, 2.75) is 17.3 Å². The van der Waals surface area contributed by atoms with Gasteiger partial charge in [0.1, 0.15) is 5.76 Å². The van der Waals surface area contributed by atoms with Gasteiger partial charge in [-0.2, -0.15) is 0 Å². The van der Waals surface area contributed by atoms with Crippen molar-refractivity contribution in [2.75, 3.05) is 11.9 Å². The van der Waals surface area contributed by atoms with Gasteiger partial charge in [-0.05, 0) is 25.1 Å². The van der Waals surface area contributed by atoms with E-state index in [2.05, 4.69) is 0 Å². The van der Waals surface area contributed by atoms with Gasteiger partial charge in [-0.15, -0.1) is 0 Å². The SMILES string of the molecule is CC1=CC(N(C)c2ccccc2)C(Cl)(Cl)C(=O)O1. The van der Waals surface area contributed by atoms with E-state index >= 15 is 0 Å². The Morgan fingerprint density at radius 2 is 1.89 bits per heavy atom. The van der Waals surface area contributed by atoms with E-state index in [1.54, 1.807) is 13.0 Å². The van der Waals surface area contributed by atoms with Crippen molar-refractivity contribution >= 4 is 34.9 Å². The van der Waals surface area contributed by atoms with Gasteiger partial charge in [-0.1, -0.05) is 41.4 Å². The third-order valence-corrected chi connectivity index (χ3v) is 3.63. The summed E-state index contributed by atoms with van der Waals surface area (Å²) in [7, 11) is 1.84. The molecule has 0 amide bonds. The van der Waals surface area contributed by atoms with Crippen LogP contribution in [0.15, 0.2) is 42.2 Å². The molecular formula is C13H13Cl2NO2. The molecule has 1 unspecified atom stereocenters. The minimum absolute atomic E-state index is 0.468. The largest absolute Gasteiger partial charge is 0.429 e. The number of carbonyl (C=O) groups is 1. The second-order valence-corrected chi connectivity index (χ2v) is 5.57. The number of hydrogen-bond acceptors (Lipinski definition) is 3. The normalized spacial score (nSPS) is 22.1. The molecule has 1 heterocycles. The van der Waals surface area contributed by atoms with Crippen molar-refractivity contribution in [3.63, 3.8) is 0 Å². The van der Waals surface area contributed by atoms with E-state index in [1.807, 2.05) is 42.3 Å². The first-order valence-corrected chi connectivity index (χ1v) is 6.25. The maximum Gasteiger partial charge on any atom is 0.350 e. The van der Waals surface area contributed by atoms with Gasteiger partial charge in [0, 0.05) is 12.7 Å². The van der Waals surface area contributed by atoms with E-state index in [0.29, 0.717) is 5.76 Å². The summed E-state index contributed by atoms with van der Waals surface area (Å²) in [6.45, 7) is 1.70. The lowest BCUT2D eigenvalue weighted by molar-refractivity contribution is -0.141. The van der Waals surface area contributed by atoms with Crippen LogP contribution in [0.25, 0.3) is 0 Å². The van der Waals surface area contributed by atoms with Crippen LogP contribution in [0.3, 0.4) is 0 Å². The van der Waals surface area contributed by atoms with Crippen molar-refractivity contribution in [3.05, 3.63) is 42.2 Å². The summed E-state index contributed by atoms with van der Waals surface area (Å²) in [4.78, 5) is 13.6. The Morgan fingerprint density at radius 1 is 1.28 bits per heavy atom. The first-order chi connectivity index (χ1) is 8.43. The zero-order valence-corrected chi connectivity index (χ0v) is 11.6. The number of allylic oxidation sites excluding steroid dienone is 1. The highest BCUT2D eigenvalue weighted by molar-refractivity contribution is 6.58. The van der Waals surface area contributed by atoms with Crippen LogP contribution in [0.2, 0.25) is 0 Å². The molecule has 0 fully saturated rings. The van der Waals surface area contributed by atoms with Crippen LogP contribution < -0.4 is 4.90 Å². The van der Waals surface area contributed by atoms with Crippen LogP contribution in [-0.4, -0.2) is 23.4 Å². The molecule has 1 atom stereocenters. The number of likely N-dealkylation sites (N-methyl/N-ethyl adjacent to an activating group) is 1. The summed E-state index contributed by atoms with van der Waals surface area (Å²) >= 11 is 12.2. The van der Waals surface area contributed by atoms with E-state index in [1.165, 1.54) is 0 Å². The molecule has 0 aliphatic carbocycles. The molecule has 1 aromatic carbocycles. The predicted molar refractivity (Wildman–Crippen MR) is 72.9 cm³/mol. The van der Waals surface area contributed by atoms with Gasteiger partial charge in [0.15, 0.2) is 0 Å². The molecule has 1 aliphatic rings. The number of alkyl halides is 2. The van der Waals surface area contributed by atoms with E-state index in [9.17, 15) is 4.79 Å². The number of ether oxygens (including phenoxy) is 1. The Hall–Kier alpha value is -1.19. The van der Waals surface area contributed by atoms with Crippen LogP contribution in [0.5, 0.6) is 0 Å². The molecule has 0 radical (unpaired) electrons. The number of carbonyl (C=O) groups excluding carboxylic acids is 1. The minimum Gasteiger partial charge on any atom is -0.429 e. The zero-order valence-electron chi connectivity index (χ0n) is 10.1. The number of rotatable bonds is 2. The second-order valence-electron chi connectivity index (χ2n) is 4.18. The van der Waals surface area contributed by atoms with Gasteiger partial charge in [0.05, 0.1) is 6.04 Å². The van der Waals surface area contributed by atoms with Gasteiger partial charge in [0.25, 0.3) is 0 Å². The van der Waals surface area contributed by atoms with E-state index in [0.717, 1.165) is 5.69 Å². The molecule has 0 spiro atoms. The number of cyclic esters (lactones) is 1. The predicted octanol–water partition coefficient (Wildman–Crippen LogP) is 3.13. The molecular weight excluding hydrogens is 273 g/mol. The molecule has 0 saturated carbocycles. The van der Waals surface area contributed by atoms with Crippen LogP contribution >= 0.6 is 23.2 Å². The first kappa shape index (κ1) is 13.2. The fourth-order valence-electron chi connectivity index (χ4n) is 1.87. The summed E-state index contributed by atoms with van der Waals surface area (Å²) in [5.41, 5.74) is 0.923. The molecule has 0 saturated heterocycles. The summed E-state index contributed by atoms with van der Waals surface area (Å²) < 4.78 is 3.34. The summed E-state index contributed by atoms with van der Waals surface area (Å²) in [6, 6.07) is 9.12. The van der Waals surface area contributed by atoms with E-state index in [4.69, 9.17) is 27.9 Å². The maximum atomic E-state index is 11.7. The molecule has 1 aromatic rings. The molecule has 1 aliphatic heterocycles. The smallest absolute Gasteiger partial charge is 0.350 e. The first-order valence-electron chi connectivity index (χ1n) is 5.49. The van der Waals surface area contributed by atoms with Crippen molar-refractivity contribution in [3.8, 4) is 0 Å². The number of nitrogens with zero attached hydrogens (tertiary/aromatic N) is 1. The highest BCUT2D eigenvalue weighted by Crippen LogP contribution is 2.37. The number of para-hydroxylation sites is 1. The number of esters is 1. The monoisotopic (exact) mass is 285 g/mol. The van der Waals surface area contributed by atoms with Gasteiger partial charge in [0.2, 0.25) is 4.33 Å². The number of hydrogen-bond donors (Lipinski definition) is 0. The van der Waals surface area contributed by atoms with Gasteiger partial charge in [-0.3, -0.25) is 0 Å². The molecule has 0 aromatic heterocycles. The van der Waals surface area contributed by atoms with E-state index in [-0.39, 0.29) is 0 Å². The van der Waals surface area contributed by atoms with Crippen LogP contribution in [0.1, 0.15) is 6.92 Å². The molecule has 5 heteroatoms. The fraction of sp³-hybridized carbons (Fsp3) is 0.308. The van der Waals surface area contributed by atoms with Crippen molar-refractivity contribution in [1.29, 1.82) is 0 Å². The molecule has 18 heavy (non-hydrogen) atoms. The van der Waals surface area contributed by atoms with Crippen molar-refractivity contribution in [2.24, 2.45) is 0 Å². The van der Waals surface area contributed by atoms with Crippen LogP contribution in [0.4, 0.5) is 5.69 Å².